The fraction of sp³-hybridized carbons (Fsp3) is 0.318. The first-order valence-electron chi connectivity index (χ1n) is 9.76. The molecule has 1 aromatic heterocycles. The number of carbonyl (C=O) groups excluding carboxylic acids is 2. The minimum Gasteiger partial charge on any atom is -0.496 e. The van der Waals surface area contributed by atoms with Crippen LogP contribution in [0, 0.1) is 0 Å². The van der Waals surface area contributed by atoms with E-state index in [4.69, 9.17) is 9.47 Å². The van der Waals surface area contributed by atoms with Crippen LogP contribution in [0.4, 0.5) is 0 Å². The molecule has 0 unspecified atom stereocenters. The molecule has 1 amide bonds. The second kappa shape index (κ2) is 10.2. The highest BCUT2D eigenvalue weighted by atomic mass is 32.2. The topological polar surface area (TPSA) is 82.4 Å². The van der Waals surface area contributed by atoms with Gasteiger partial charge in [0.25, 0.3) is 0 Å². The van der Waals surface area contributed by atoms with Crippen LogP contribution >= 0.6 is 11.8 Å². The number of ether oxygens (including phenoxy) is 2. The van der Waals surface area contributed by atoms with E-state index in [1.54, 1.807) is 26.2 Å². The van der Waals surface area contributed by atoms with Gasteiger partial charge in [0.05, 0.1) is 36.1 Å². The van der Waals surface area contributed by atoms with Crippen molar-refractivity contribution in [2.24, 2.45) is 0 Å². The van der Waals surface area contributed by atoms with Gasteiger partial charge in [-0.1, -0.05) is 30.0 Å². The third kappa shape index (κ3) is 4.94. The van der Waals surface area contributed by atoms with Crippen molar-refractivity contribution in [3.05, 3.63) is 53.6 Å². The average Bonchev–Trinajstić information content (AvgIpc) is 3.13. The number of methoxy groups -OCH3 is 1. The summed E-state index contributed by atoms with van der Waals surface area (Å²) < 4.78 is 12.4. The number of aromatic nitrogens is 2. The van der Waals surface area contributed by atoms with E-state index in [9.17, 15) is 9.59 Å². The molecule has 8 heteroatoms. The number of hydrogen-bond donors (Lipinski definition) is 1. The minimum absolute atomic E-state index is 0.0900. The summed E-state index contributed by atoms with van der Waals surface area (Å²) in [5.41, 5.74) is 3.02. The number of esters is 1. The number of amides is 1. The van der Waals surface area contributed by atoms with Crippen LogP contribution in [0.2, 0.25) is 0 Å². The number of rotatable bonds is 9. The SMILES string of the molecule is CCOC(=O)c1ccc2c(c1)nc(SCC(=O)NCc1ccccc1OC)n2CC. The lowest BCUT2D eigenvalue weighted by Gasteiger charge is -2.09. The Morgan fingerprint density at radius 2 is 1.97 bits per heavy atom. The van der Waals surface area contributed by atoms with Crippen molar-refractivity contribution < 1.29 is 19.1 Å². The van der Waals surface area contributed by atoms with Gasteiger partial charge in [-0.05, 0) is 38.1 Å². The van der Waals surface area contributed by atoms with Crippen LogP contribution in [-0.2, 0) is 22.6 Å². The number of nitrogens with zero attached hydrogens (tertiary/aromatic N) is 2. The van der Waals surface area contributed by atoms with Gasteiger partial charge in [0.15, 0.2) is 5.16 Å². The van der Waals surface area contributed by atoms with E-state index >= 15 is 0 Å². The molecule has 0 spiro atoms. The Morgan fingerprint density at radius 3 is 2.70 bits per heavy atom. The Labute approximate surface area is 179 Å². The van der Waals surface area contributed by atoms with Gasteiger partial charge in [0, 0.05) is 18.7 Å². The fourth-order valence-electron chi connectivity index (χ4n) is 3.09. The zero-order valence-electron chi connectivity index (χ0n) is 17.3. The van der Waals surface area contributed by atoms with Gasteiger partial charge in [-0.15, -0.1) is 0 Å². The van der Waals surface area contributed by atoms with Gasteiger partial charge in [0.1, 0.15) is 5.75 Å². The van der Waals surface area contributed by atoms with Crippen LogP contribution in [0.5, 0.6) is 5.75 Å². The molecule has 1 N–H and O–H groups in total. The second-order valence-electron chi connectivity index (χ2n) is 6.44. The van der Waals surface area contributed by atoms with Crippen LogP contribution in [0.3, 0.4) is 0 Å². The first-order chi connectivity index (χ1) is 14.6. The van der Waals surface area contributed by atoms with Crippen molar-refractivity contribution in [3.8, 4) is 5.75 Å². The van der Waals surface area contributed by atoms with Crippen molar-refractivity contribution in [2.75, 3.05) is 19.5 Å². The first kappa shape index (κ1) is 21.7. The number of aryl methyl sites for hydroxylation is 1. The van der Waals surface area contributed by atoms with Crippen molar-refractivity contribution in [2.45, 2.75) is 32.1 Å². The number of carbonyl (C=O) groups is 2. The van der Waals surface area contributed by atoms with E-state index in [1.807, 2.05) is 41.8 Å². The maximum absolute atomic E-state index is 12.3. The van der Waals surface area contributed by atoms with Crippen molar-refractivity contribution in [1.82, 2.24) is 14.9 Å². The Balaban J connectivity index is 1.67. The van der Waals surface area contributed by atoms with E-state index in [0.29, 0.717) is 30.8 Å². The molecule has 158 valence electrons. The van der Waals surface area contributed by atoms with E-state index in [1.165, 1.54) is 11.8 Å². The second-order valence-corrected chi connectivity index (χ2v) is 7.38. The van der Waals surface area contributed by atoms with Crippen LogP contribution in [0.15, 0.2) is 47.6 Å². The molecule has 0 atom stereocenters. The number of benzene rings is 2. The molecule has 0 saturated heterocycles. The van der Waals surface area contributed by atoms with E-state index in [2.05, 4.69) is 10.3 Å². The van der Waals surface area contributed by atoms with Crippen LogP contribution < -0.4 is 10.1 Å². The molecule has 0 aliphatic heterocycles. The van der Waals surface area contributed by atoms with Crippen LogP contribution in [0.1, 0.15) is 29.8 Å². The van der Waals surface area contributed by atoms with Crippen LogP contribution in [-0.4, -0.2) is 40.9 Å². The standard InChI is InChI=1S/C22H25N3O4S/c1-4-25-18-11-10-15(21(27)29-5-2)12-17(18)24-22(25)30-14-20(26)23-13-16-8-6-7-9-19(16)28-3/h6-12H,4-5,13-14H2,1-3H3,(H,23,26). The molecular formula is C22H25N3O4S. The van der Waals surface area contributed by atoms with E-state index in [0.717, 1.165) is 22.0 Å². The van der Waals surface area contributed by atoms with Gasteiger partial charge in [-0.3, -0.25) is 4.79 Å². The third-order valence-corrected chi connectivity index (χ3v) is 5.52. The molecule has 3 aromatic rings. The minimum atomic E-state index is -0.365. The molecule has 0 aliphatic carbocycles. The van der Waals surface area contributed by atoms with Gasteiger partial charge in [-0.2, -0.15) is 0 Å². The van der Waals surface area contributed by atoms with E-state index < -0.39 is 0 Å². The molecule has 1 heterocycles. The molecule has 0 saturated carbocycles. The highest BCUT2D eigenvalue weighted by Gasteiger charge is 2.15. The smallest absolute Gasteiger partial charge is 0.338 e. The monoisotopic (exact) mass is 427 g/mol. The molecular weight excluding hydrogens is 402 g/mol. The summed E-state index contributed by atoms with van der Waals surface area (Å²) in [4.78, 5) is 28.9. The van der Waals surface area contributed by atoms with Gasteiger partial charge >= 0.3 is 5.97 Å². The summed E-state index contributed by atoms with van der Waals surface area (Å²) in [7, 11) is 1.61. The Bertz CT molecular complexity index is 1050. The van der Waals surface area contributed by atoms with Gasteiger partial charge in [0.2, 0.25) is 5.91 Å². The number of thioether (sulfide) groups is 1. The number of nitrogens with one attached hydrogen (secondary N) is 1. The van der Waals surface area contributed by atoms with Gasteiger partial charge in [-0.25, -0.2) is 9.78 Å². The molecule has 0 aliphatic rings. The highest BCUT2D eigenvalue weighted by Crippen LogP contribution is 2.25. The lowest BCUT2D eigenvalue weighted by molar-refractivity contribution is -0.118. The predicted molar refractivity (Wildman–Crippen MR) is 117 cm³/mol. The summed E-state index contributed by atoms with van der Waals surface area (Å²) in [6.45, 7) is 5.23. The quantitative estimate of drug-likeness (QED) is 0.415. The Morgan fingerprint density at radius 1 is 1.17 bits per heavy atom. The summed E-state index contributed by atoms with van der Waals surface area (Å²) in [5, 5.41) is 3.65. The highest BCUT2D eigenvalue weighted by molar-refractivity contribution is 7.99. The zero-order valence-corrected chi connectivity index (χ0v) is 18.1. The molecule has 0 bridgehead atoms. The summed E-state index contributed by atoms with van der Waals surface area (Å²) in [6, 6.07) is 12.9. The number of fused-ring (bicyclic) bond motifs is 1. The molecule has 3 rings (SSSR count). The Kier molecular flexibility index (Phi) is 7.35. The predicted octanol–water partition coefficient (Wildman–Crippen LogP) is 3.65. The molecule has 7 nitrogen and oxygen atoms in total. The zero-order chi connectivity index (χ0) is 21.5. The normalized spacial score (nSPS) is 10.8. The number of hydrogen-bond acceptors (Lipinski definition) is 6. The van der Waals surface area contributed by atoms with Crippen molar-refractivity contribution in [3.63, 3.8) is 0 Å². The first-order valence-corrected chi connectivity index (χ1v) is 10.7. The lowest BCUT2D eigenvalue weighted by atomic mass is 10.2. The maximum Gasteiger partial charge on any atom is 0.338 e. The summed E-state index contributed by atoms with van der Waals surface area (Å²) in [5.74, 6) is 0.530. The molecule has 30 heavy (non-hydrogen) atoms. The summed E-state index contributed by atoms with van der Waals surface area (Å²) >= 11 is 1.37. The average molecular weight is 428 g/mol. The third-order valence-electron chi connectivity index (χ3n) is 4.54. The number of imidazole rings is 1. The lowest BCUT2D eigenvalue weighted by Crippen LogP contribution is -2.25. The molecule has 0 radical (unpaired) electrons. The fourth-order valence-corrected chi connectivity index (χ4v) is 4.00. The van der Waals surface area contributed by atoms with Crippen LogP contribution in [0.25, 0.3) is 11.0 Å². The number of para-hydroxylation sites is 1. The molecule has 0 fully saturated rings. The van der Waals surface area contributed by atoms with Crippen molar-refractivity contribution >= 4 is 34.7 Å². The van der Waals surface area contributed by atoms with Crippen molar-refractivity contribution in [1.29, 1.82) is 0 Å². The van der Waals surface area contributed by atoms with E-state index in [-0.39, 0.29) is 17.6 Å². The van der Waals surface area contributed by atoms with Gasteiger partial charge < -0.3 is 19.4 Å². The summed E-state index contributed by atoms with van der Waals surface area (Å²) in [6.07, 6.45) is 0. The molecule has 2 aromatic carbocycles. The Hall–Kier alpha value is -3.00. The maximum atomic E-state index is 12.3. The largest absolute Gasteiger partial charge is 0.496 e.